The molecule has 0 saturated heterocycles. The first-order valence-electron chi connectivity index (χ1n) is 9.59. The van der Waals surface area contributed by atoms with Crippen LogP contribution in [0.1, 0.15) is 39.0 Å². The molecule has 3 rings (SSSR count). The second-order valence-electron chi connectivity index (χ2n) is 6.96. The van der Waals surface area contributed by atoms with E-state index < -0.39 is 17.9 Å². The highest BCUT2D eigenvalue weighted by Gasteiger charge is 2.20. The molecule has 0 spiro atoms. The molecule has 3 aromatic rings. The van der Waals surface area contributed by atoms with Crippen molar-refractivity contribution >= 4 is 17.7 Å². The van der Waals surface area contributed by atoms with Gasteiger partial charge in [0.1, 0.15) is 6.04 Å². The fourth-order valence-electron chi connectivity index (χ4n) is 3.20. The zero-order valence-electron chi connectivity index (χ0n) is 17.1. The number of hydrazine groups is 1. The highest BCUT2D eigenvalue weighted by atomic mass is 16.2. The fourth-order valence-corrected chi connectivity index (χ4v) is 3.20. The van der Waals surface area contributed by atoms with E-state index in [0.717, 1.165) is 17.1 Å². The molecule has 3 N–H and O–H groups in total. The van der Waals surface area contributed by atoms with Crippen molar-refractivity contribution in [1.29, 1.82) is 0 Å². The largest absolute Gasteiger partial charge is 0.340 e. The Kier molecular flexibility index (Phi) is 6.32. The lowest BCUT2D eigenvalue weighted by molar-refractivity contribution is -0.123. The summed E-state index contributed by atoms with van der Waals surface area (Å²) in [7, 11) is 0. The molecule has 0 fully saturated rings. The van der Waals surface area contributed by atoms with Gasteiger partial charge in [0.25, 0.3) is 17.7 Å². The molecule has 0 aliphatic heterocycles. The van der Waals surface area contributed by atoms with Crippen molar-refractivity contribution in [2.75, 3.05) is 0 Å². The number of aryl methyl sites for hydroxylation is 1. The Hall–Kier alpha value is -3.87. The third-order valence-electron chi connectivity index (χ3n) is 4.77. The standard InChI is InChI=1S/C23H24N4O3/c1-15-14-20(17(3)27(15)19-12-8-5-9-13-19)23(30)26-25-21(28)16(2)24-22(29)18-10-6-4-7-11-18/h4-14,16H,1-3H3,(H,24,29)(H,25,28)(H,26,30)/t16-/m0/s1. The average Bonchev–Trinajstić information content (AvgIpc) is 3.06. The van der Waals surface area contributed by atoms with Crippen LogP contribution in [0.3, 0.4) is 0 Å². The lowest BCUT2D eigenvalue weighted by atomic mass is 10.2. The van der Waals surface area contributed by atoms with Gasteiger partial charge in [0.05, 0.1) is 5.56 Å². The van der Waals surface area contributed by atoms with Crippen LogP contribution >= 0.6 is 0 Å². The summed E-state index contributed by atoms with van der Waals surface area (Å²) in [5.74, 6) is -1.32. The molecule has 0 aliphatic carbocycles. The molecule has 0 bridgehead atoms. The molecule has 7 heteroatoms. The number of nitrogens with one attached hydrogen (secondary N) is 3. The summed E-state index contributed by atoms with van der Waals surface area (Å²) in [4.78, 5) is 37.0. The second-order valence-corrected chi connectivity index (χ2v) is 6.96. The van der Waals surface area contributed by atoms with Gasteiger partial charge in [0, 0.05) is 22.6 Å². The number of carbonyl (C=O) groups is 3. The number of para-hydroxylation sites is 1. The van der Waals surface area contributed by atoms with E-state index in [0.29, 0.717) is 11.1 Å². The summed E-state index contributed by atoms with van der Waals surface area (Å²) in [6, 6.07) is 19.3. The fraction of sp³-hybridized carbons (Fsp3) is 0.174. The van der Waals surface area contributed by atoms with E-state index in [1.807, 2.05) is 48.7 Å². The summed E-state index contributed by atoms with van der Waals surface area (Å²) in [5, 5.41) is 2.60. The van der Waals surface area contributed by atoms with Crippen LogP contribution in [-0.4, -0.2) is 28.3 Å². The molecule has 0 radical (unpaired) electrons. The van der Waals surface area contributed by atoms with Gasteiger partial charge >= 0.3 is 0 Å². The summed E-state index contributed by atoms with van der Waals surface area (Å²) >= 11 is 0. The number of hydrogen-bond donors (Lipinski definition) is 3. The first kappa shape index (κ1) is 20.9. The smallest absolute Gasteiger partial charge is 0.271 e. The van der Waals surface area contributed by atoms with Gasteiger partial charge in [-0.25, -0.2) is 0 Å². The zero-order chi connectivity index (χ0) is 21.7. The van der Waals surface area contributed by atoms with E-state index in [1.54, 1.807) is 43.3 Å². The SMILES string of the molecule is Cc1cc(C(=O)NNC(=O)[C@H](C)NC(=O)c2ccccc2)c(C)n1-c1ccccc1. The van der Waals surface area contributed by atoms with Gasteiger partial charge in [0.2, 0.25) is 0 Å². The lowest BCUT2D eigenvalue weighted by Gasteiger charge is -2.15. The van der Waals surface area contributed by atoms with Crippen LogP contribution in [0, 0.1) is 13.8 Å². The van der Waals surface area contributed by atoms with Crippen molar-refractivity contribution in [1.82, 2.24) is 20.7 Å². The molecule has 0 unspecified atom stereocenters. The highest BCUT2D eigenvalue weighted by molar-refractivity contribution is 5.99. The predicted octanol–water partition coefficient (Wildman–Crippen LogP) is 2.67. The third-order valence-corrected chi connectivity index (χ3v) is 4.77. The van der Waals surface area contributed by atoms with Crippen LogP contribution in [-0.2, 0) is 4.79 Å². The minimum absolute atomic E-state index is 0.365. The molecular formula is C23H24N4O3. The van der Waals surface area contributed by atoms with Gasteiger partial charge in [-0.3, -0.25) is 25.2 Å². The monoisotopic (exact) mass is 404 g/mol. The minimum Gasteiger partial charge on any atom is -0.340 e. The van der Waals surface area contributed by atoms with Crippen molar-refractivity contribution in [2.24, 2.45) is 0 Å². The van der Waals surface area contributed by atoms with Crippen LogP contribution in [0.25, 0.3) is 5.69 Å². The van der Waals surface area contributed by atoms with E-state index in [4.69, 9.17) is 0 Å². The van der Waals surface area contributed by atoms with E-state index in [9.17, 15) is 14.4 Å². The lowest BCUT2D eigenvalue weighted by Crippen LogP contribution is -2.51. The Balaban J connectivity index is 1.61. The highest BCUT2D eigenvalue weighted by Crippen LogP contribution is 2.20. The second kappa shape index (κ2) is 9.09. The van der Waals surface area contributed by atoms with Gasteiger partial charge in [0.15, 0.2) is 0 Å². The van der Waals surface area contributed by atoms with Crippen LogP contribution < -0.4 is 16.2 Å². The van der Waals surface area contributed by atoms with Gasteiger partial charge < -0.3 is 9.88 Å². The molecule has 0 aliphatic rings. The Morgan fingerprint density at radius 1 is 0.833 bits per heavy atom. The summed E-state index contributed by atoms with van der Waals surface area (Å²) in [6.45, 7) is 5.31. The van der Waals surface area contributed by atoms with Crippen molar-refractivity contribution in [3.8, 4) is 5.69 Å². The Morgan fingerprint density at radius 2 is 1.43 bits per heavy atom. The molecule has 154 valence electrons. The molecular weight excluding hydrogens is 380 g/mol. The molecule has 7 nitrogen and oxygen atoms in total. The van der Waals surface area contributed by atoms with Crippen LogP contribution in [0.2, 0.25) is 0 Å². The topological polar surface area (TPSA) is 92.2 Å². The molecule has 3 amide bonds. The van der Waals surface area contributed by atoms with Crippen LogP contribution in [0.5, 0.6) is 0 Å². The number of aromatic nitrogens is 1. The molecule has 0 saturated carbocycles. The average molecular weight is 404 g/mol. The summed E-state index contributed by atoms with van der Waals surface area (Å²) in [6.07, 6.45) is 0. The van der Waals surface area contributed by atoms with Gasteiger partial charge in [-0.15, -0.1) is 0 Å². The number of carbonyl (C=O) groups excluding carboxylic acids is 3. The Morgan fingerprint density at radius 3 is 2.07 bits per heavy atom. The zero-order valence-corrected chi connectivity index (χ0v) is 17.1. The molecule has 1 atom stereocenters. The minimum atomic E-state index is -0.824. The number of benzene rings is 2. The van der Waals surface area contributed by atoms with Crippen LogP contribution in [0.4, 0.5) is 0 Å². The molecule has 30 heavy (non-hydrogen) atoms. The van der Waals surface area contributed by atoms with E-state index in [1.165, 1.54) is 0 Å². The Bertz CT molecular complexity index is 1060. The number of rotatable bonds is 5. The molecule has 1 heterocycles. The maximum absolute atomic E-state index is 12.6. The molecule has 1 aromatic heterocycles. The quantitative estimate of drug-likeness (QED) is 0.571. The van der Waals surface area contributed by atoms with E-state index in [2.05, 4.69) is 16.2 Å². The summed E-state index contributed by atoms with van der Waals surface area (Å²) in [5.41, 5.74) is 8.32. The van der Waals surface area contributed by atoms with Crippen LogP contribution in [0.15, 0.2) is 66.7 Å². The third kappa shape index (κ3) is 4.57. The normalized spacial score (nSPS) is 11.4. The molecule has 2 aromatic carbocycles. The van der Waals surface area contributed by atoms with E-state index >= 15 is 0 Å². The van der Waals surface area contributed by atoms with Crippen molar-refractivity contribution in [3.63, 3.8) is 0 Å². The number of nitrogens with zero attached hydrogens (tertiary/aromatic N) is 1. The first-order chi connectivity index (χ1) is 14.4. The van der Waals surface area contributed by atoms with Crippen molar-refractivity contribution < 1.29 is 14.4 Å². The van der Waals surface area contributed by atoms with Gasteiger partial charge in [-0.05, 0) is 51.1 Å². The van der Waals surface area contributed by atoms with E-state index in [-0.39, 0.29) is 5.91 Å². The maximum atomic E-state index is 12.6. The van der Waals surface area contributed by atoms with Crippen molar-refractivity contribution in [2.45, 2.75) is 26.8 Å². The van der Waals surface area contributed by atoms with Gasteiger partial charge in [-0.2, -0.15) is 0 Å². The predicted molar refractivity (Wildman–Crippen MR) is 114 cm³/mol. The maximum Gasteiger partial charge on any atom is 0.271 e. The Labute approximate surface area is 175 Å². The van der Waals surface area contributed by atoms with Gasteiger partial charge in [-0.1, -0.05) is 36.4 Å². The summed E-state index contributed by atoms with van der Waals surface area (Å²) < 4.78 is 1.97. The number of hydrogen-bond acceptors (Lipinski definition) is 3. The van der Waals surface area contributed by atoms with Crippen molar-refractivity contribution in [3.05, 3.63) is 89.2 Å². The number of amides is 3. The first-order valence-corrected chi connectivity index (χ1v) is 9.59.